The van der Waals surface area contributed by atoms with Gasteiger partial charge in [0.1, 0.15) is 24.5 Å². The van der Waals surface area contributed by atoms with Gasteiger partial charge in [0.15, 0.2) is 9.84 Å². The molecule has 1 aliphatic rings. The highest BCUT2D eigenvalue weighted by atomic mass is 32.2. The summed E-state index contributed by atoms with van der Waals surface area (Å²) < 4.78 is 35.6. The van der Waals surface area contributed by atoms with Gasteiger partial charge >= 0.3 is 6.09 Å². The van der Waals surface area contributed by atoms with E-state index in [1.54, 1.807) is 12.1 Å². The number of carboxylic acid groups (broad SMARTS) is 1. The van der Waals surface area contributed by atoms with Gasteiger partial charge in [0.25, 0.3) is 0 Å². The Morgan fingerprint density at radius 3 is 2.09 bits per heavy atom. The minimum absolute atomic E-state index is 0.101. The zero-order chi connectivity index (χ0) is 33.2. The fraction of sp³-hybridized carbons (Fsp3) is 0.278. The van der Waals surface area contributed by atoms with Gasteiger partial charge in [-0.15, -0.1) is 0 Å². The summed E-state index contributed by atoms with van der Waals surface area (Å²) >= 11 is 0. The maximum Gasteiger partial charge on any atom is 0.405 e. The normalized spacial score (nSPS) is 17.1. The molecule has 47 heavy (non-hydrogen) atoms. The average molecular weight is 658 g/mol. The van der Waals surface area contributed by atoms with Crippen LogP contribution in [-0.2, 0) is 25.8 Å². The molecule has 1 fully saturated rings. The number of aryl methyl sites for hydroxylation is 1. The van der Waals surface area contributed by atoms with Crippen LogP contribution in [0.2, 0.25) is 0 Å². The Hall–Kier alpha value is -4.71. The third-order valence-corrected chi connectivity index (χ3v) is 9.17. The fourth-order valence-corrected chi connectivity index (χ4v) is 6.36. The van der Waals surface area contributed by atoms with E-state index in [1.807, 2.05) is 84.9 Å². The van der Waals surface area contributed by atoms with E-state index in [0.29, 0.717) is 44.0 Å². The van der Waals surface area contributed by atoms with Crippen LogP contribution in [0.15, 0.2) is 114 Å². The minimum Gasteiger partial charge on any atom is -0.491 e. The monoisotopic (exact) mass is 657 g/mol. The molecule has 0 aromatic heterocycles. The van der Waals surface area contributed by atoms with E-state index in [4.69, 9.17) is 9.47 Å². The lowest BCUT2D eigenvalue weighted by atomic mass is 9.84. The molecule has 0 spiro atoms. The number of amides is 2. The van der Waals surface area contributed by atoms with Crippen LogP contribution in [-0.4, -0.2) is 69.7 Å². The minimum atomic E-state index is -3.28. The van der Waals surface area contributed by atoms with E-state index in [0.717, 1.165) is 22.9 Å². The van der Waals surface area contributed by atoms with Crippen molar-refractivity contribution >= 4 is 27.5 Å². The molecule has 0 radical (unpaired) electrons. The van der Waals surface area contributed by atoms with Gasteiger partial charge in [-0.3, -0.25) is 4.79 Å². The van der Waals surface area contributed by atoms with Crippen LogP contribution in [0.3, 0.4) is 0 Å². The molecule has 2 amide bonds. The molecule has 4 N–H and O–H groups in total. The molecular weight excluding hydrogens is 618 g/mol. The molecule has 0 saturated carbocycles. The molecule has 1 saturated heterocycles. The van der Waals surface area contributed by atoms with Crippen LogP contribution in [0.4, 0.5) is 10.5 Å². The first-order valence-electron chi connectivity index (χ1n) is 15.4. The maximum atomic E-state index is 13.9. The highest BCUT2D eigenvalue weighted by Crippen LogP contribution is 2.30. The third-order valence-electron chi connectivity index (χ3n) is 8.04. The standard InChI is InChI=1S/C36H39N3O7S/c1-47(43,44)31-20-18-28(19-21-31)45-24-30-23-37-22-29(46-30)17-16-25-10-8-9-15-32(25)38-35(40)34(39-36(41)42)33(26-11-4-2-5-12-26)27-13-6-3-7-14-27/h2-15,18-21,29-30,33-34,37,39H,16-17,22-24H2,1H3,(H,38,40)(H,41,42)/t29-,30+,34+/m1/s1. The quantitative estimate of drug-likeness (QED) is 0.160. The Morgan fingerprint density at radius 2 is 1.47 bits per heavy atom. The molecule has 4 aromatic carbocycles. The summed E-state index contributed by atoms with van der Waals surface area (Å²) in [5, 5.41) is 18.6. The van der Waals surface area contributed by atoms with Crippen LogP contribution in [0, 0.1) is 0 Å². The first kappa shape index (κ1) is 33.6. The van der Waals surface area contributed by atoms with Crippen molar-refractivity contribution in [3.8, 4) is 5.75 Å². The fourth-order valence-electron chi connectivity index (χ4n) is 5.73. The summed E-state index contributed by atoms with van der Waals surface area (Å²) in [6.45, 7) is 1.58. The van der Waals surface area contributed by atoms with Gasteiger partial charge in [0.2, 0.25) is 5.91 Å². The van der Waals surface area contributed by atoms with Crippen LogP contribution < -0.4 is 20.7 Å². The van der Waals surface area contributed by atoms with Crippen LogP contribution in [0.1, 0.15) is 29.0 Å². The number of carbonyl (C=O) groups excluding carboxylic acids is 1. The number of benzene rings is 4. The van der Waals surface area contributed by atoms with E-state index >= 15 is 0 Å². The highest BCUT2D eigenvalue weighted by Gasteiger charge is 2.33. The van der Waals surface area contributed by atoms with E-state index in [1.165, 1.54) is 12.1 Å². The molecule has 1 aliphatic heterocycles. The van der Waals surface area contributed by atoms with E-state index < -0.39 is 33.8 Å². The summed E-state index contributed by atoms with van der Waals surface area (Å²) in [6.07, 6.45) is 0.859. The van der Waals surface area contributed by atoms with Gasteiger partial charge in [-0.2, -0.15) is 0 Å². The Bertz CT molecular complexity index is 1700. The van der Waals surface area contributed by atoms with Crippen molar-refractivity contribution in [1.29, 1.82) is 0 Å². The second-order valence-electron chi connectivity index (χ2n) is 11.5. The molecule has 0 bridgehead atoms. The van der Waals surface area contributed by atoms with Crippen molar-refractivity contribution in [2.45, 2.75) is 41.9 Å². The summed E-state index contributed by atoms with van der Waals surface area (Å²) in [5.74, 6) is -0.459. The van der Waals surface area contributed by atoms with Gasteiger partial charge in [0.05, 0.1) is 11.0 Å². The summed E-state index contributed by atoms with van der Waals surface area (Å²) in [7, 11) is -3.28. The maximum absolute atomic E-state index is 13.9. The van der Waals surface area contributed by atoms with Gasteiger partial charge in [-0.25, -0.2) is 13.2 Å². The number of carbonyl (C=O) groups is 2. The Labute approximate surface area is 275 Å². The number of rotatable bonds is 13. The first-order chi connectivity index (χ1) is 22.7. The zero-order valence-corrected chi connectivity index (χ0v) is 26.9. The number of nitrogens with one attached hydrogen (secondary N) is 3. The predicted octanol–water partition coefficient (Wildman–Crippen LogP) is 4.87. The Morgan fingerprint density at radius 1 is 0.872 bits per heavy atom. The number of ether oxygens (including phenoxy) is 2. The predicted molar refractivity (Wildman–Crippen MR) is 180 cm³/mol. The number of hydrogen-bond acceptors (Lipinski definition) is 7. The van der Waals surface area contributed by atoms with Crippen LogP contribution >= 0.6 is 0 Å². The second kappa shape index (κ2) is 15.7. The first-order valence-corrected chi connectivity index (χ1v) is 17.3. The van der Waals surface area contributed by atoms with Crippen LogP contribution in [0.25, 0.3) is 0 Å². The van der Waals surface area contributed by atoms with Gasteiger partial charge in [0, 0.05) is 31.0 Å². The van der Waals surface area contributed by atoms with Crippen molar-refractivity contribution in [1.82, 2.24) is 10.6 Å². The van der Waals surface area contributed by atoms with E-state index in [9.17, 15) is 23.1 Å². The van der Waals surface area contributed by atoms with Crippen molar-refractivity contribution in [3.05, 3.63) is 126 Å². The highest BCUT2D eigenvalue weighted by molar-refractivity contribution is 7.90. The van der Waals surface area contributed by atoms with Crippen molar-refractivity contribution < 1.29 is 32.6 Å². The molecule has 3 atom stereocenters. The third kappa shape index (κ3) is 9.41. The summed E-state index contributed by atoms with van der Waals surface area (Å²) in [6, 6.07) is 31.5. The molecule has 246 valence electrons. The lowest BCUT2D eigenvalue weighted by Crippen LogP contribution is -2.47. The number of hydrogen-bond donors (Lipinski definition) is 4. The van der Waals surface area contributed by atoms with Crippen molar-refractivity contribution in [2.75, 3.05) is 31.3 Å². The topological polar surface area (TPSA) is 143 Å². The average Bonchev–Trinajstić information content (AvgIpc) is 3.07. The summed E-state index contributed by atoms with van der Waals surface area (Å²) in [4.78, 5) is 26.1. The SMILES string of the molecule is CS(=O)(=O)c1ccc(OC[C@@H]2CNC[C@@H](CCc3ccccc3NC(=O)[C@@H](NC(=O)O)C(c3ccccc3)c3ccccc3)O2)cc1. The smallest absolute Gasteiger partial charge is 0.405 e. The van der Waals surface area contributed by atoms with Crippen LogP contribution in [0.5, 0.6) is 5.75 Å². The molecule has 4 aromatic rings. The zero-order valence-electron chi connectivity index (χ0n) is 26.0. The van der Waals surface area contributed by atoms with Gasteiger partial charge in [-0.05, 0) is 59.9 Å². The molecule has 11 heteroatoms. The number of anilines is 1. The lowest BCUT2D eigenvalue weighted by molar-refractivity contribution is -0.118. The van der Waals surface area contributed by atoms with Gasteiger partial charge in [-0.1, -0.05) is 78.9 Å². The van der Waals surface area contributed by atoms with E-state index in [-0.39, 0.29) is 17.1 Å². The molecule has 1 heterocycles. The molecule has 5 rings (SSSR count). The van der Waals surface area contributed by atoms with Crippen molar-refractivity contribution in [2.24, 2.45) is 0 Å². The number of para-hydroxylation sites is 1. The largest absolute Gasteiger partial charge is 0.491 e. The number of morpholine rings is 1. The lowest BCUT2D eigenvalue weighted by Gasteiger charge is -2.31. The van der Waals surface area contributed by atoms with Gasteiger partial charge < -0.3 is 30.5 Å². The molecular formula is C36H39N3O7S. The second-order valence-corrected chi connectivity index (χ2v) is 13.5. The molecule has 0 unspecified atom stereocenters. The van der Waals surface area contributed by atoms with E-state index in [2.05, 4.69) is 16.0 Å². The number of sulfone groups is 1. The van der Waals surface area contributed by atoms with Crippen molar-refractivity contribution in [3.63, 3.8) is 0 Å². The Balaban J connectivity index is 1.23. The Kier molecular flexibility index (Phi) is 11.3. The molecule has 0 aliphatic carbocycles. The molecule has 10 nitrogen and oxygen atoms in total. The summed E-state index contributed by atoms with van der Waals surface area (Å²) in [5.41, 5.74) is 3.13.